The zero-order chi connectivity index (χ0) is 23.0. The summed E-state index contributed by atoms with van der Waals surface area (Å²) < 4.78 is 19.8. The van der Waals surface area contributed by atoms with Crippen molar-refractivity contribution in [3.05, 3.63) is 59.2 Å². The van der Waals surface area contributed by atoms with Crippen LogP contribution in [0.5, 0.6) is 0 Å². The van der Waals surface area contributed by atoms with E-state index in [0.717, 1.165) is 11.1 Å². The standard InChI is InChI=1S/C24H25FN4O3/c1-13(2)22-27-24(32-28-22)17-7-5-6-15(4)21(17)26-23(31)16-11-20(30)29(12-16)19-9-8-14(3)10-18(19)25/h5-10,13,16H,11-12H2,1-4H3,(H,26,31). The lowest BCUT2D eigenvalue weighted by molar-refractivity contribution is -0.122. The zero-order valence-electron chi connectivity index (χ0n) is 18.5. The number of carbonyl (C=O) groups excluding carboxylic acids is 2. The third-order valence-corrected chi connectivity index (χ3v) is 5.60. The zero-order valence-corrected chi connectivity index (χ0v) is 18.5. The first-order valence-corrected chi connectivity index (χ1v) is 10.6. The fraction of sp³-hybridized carbons (Fsp3) is 0.333. The minimum atomic E-state index is -0.607. The van der Waals surface area contributed by atoms with Crippen LogP contribution in [0.1, 0.15) is 43.1 Å². The molecule has 166 valence electrons. The van der Waals surface area contributed by atoms with Gasteiger partial charge in [0.1, 0.15) is 5.82 Å². The SMILES string of the molecule is Cc1ccc(N2CC(C(=O)Nc3c(C)cccc3-c3nc(C(C)C)no3)CC2=O)c(F)c1. The maximum absolute atomic E-state index is 14.4. The summed E-state index contributed by atoms with van der Waals surface area (Å²) in [4.78, 5) is 31.4. The van der Waals surface area contributed by atoms with Crippen LogP contribution in [-0.4, -0.2) is 28.5 Å². The highest BCUT2D eigenvalue weighted by atomic mass is 19.1. The van der Waals surface area contributed by atoms with Crippen molar-refractivity contribution < 1.29 is 18.5 Å². The van der Waals surface area contributed by atoms with Gasteiger partial charge < -0.3 is 14.7 Å². The second-order valence-electron chi connectivity index (χ2n) is 8.46. The first-order chi connectivity index (χ1) is 15.2. The average molecular weight is 436 g/mol. The van der Waals surface area contributed by atoms with Gasteiger partial charge in [-0.1, -0.05) is 37.2 Å². The number of amides is 2. The van der Waals surface area contributed by atoms with E-state index in [9.17, 15) is 14.0 Å². The third-order valence-electron chi connectivity index (χ3n) is 5.60. The van der Waals surface area contributed by atoms with Gasteiger partial charge >= 0.3 is 0 Å². The maximum atomic E-state index is 14.4. The van der Waals surface area contributed by atoms with Gasteiger partial charge in [-0.15, -0.1) is 0 Å². The Morgan fingerprint density at radius 1 is 1.25 bits per heavy atom. The number of hydrogen-bond donors (Lipinski definition) is 1. The van der Waals surface area contributed by atoms with Crippen molar-refractivity contribution in [3.8, 4) is 11.5 Å². The van der Waals surface area contributed by atoms with Gasteiger partial charge in [0.15, 0.2) is 5.82 Å². The first-order valence-electron chi connectivity index (χ1n) is 10.6. The molecule has 0 spiro atoms. The molecule has 2 heterocycles. The number of anilines is 2. The lowest BCUT2D eigenvalue weighted by Gasteiger charge is -2.18. The van der Waals surface area contributed by atoms with Crippen LogP contribution in [-0.2, 0) is 9.59 Å². The number of nitrogens with one attached hydrogen (secondary N) is 1. The number of carbonyl (C=O) groups is 2. The quantitative estimate of drug-likeness (QED) is 0.631. The normalized spacial score (nSPS) is 16.1. The number of aryl methyl sites for hydroxylation is 2. The van der Waals surface area contributed by atoms with Crippen molar-refractivity contribution in [2.45, 2.75) is 40.0 Å². The molecule has 1 saturated heterocycles. The van der Waals surface area contributed by atoms with Gasteiger partial charge in [-0.05, 0) is 43.2 Å². The monoisotopic (exact) mass is 436 g/mol. The van der Waals surface area contributed by atoms with Crippen molar-refractivity contribution >= 4 is 23.2 Å². The highest BCUT2D eigenvalue weighted by Gasteiger charge is 2.36. The summed E-state index contributed by atoms with van der Waals surface area (Å²) in [6.07, 6.45) is 0.0123. The summed E-state index contributed by atoms with van der Waals surface area (Å²) in [7, 11) is 0. The molecule has 7 nitrogen and oxygen atoms in total. The molecule has 0 radical (unpaired) electrons. The van der Waals surface area contributed by atoms with Gasteiger partial charge in [-0.25, -0.2) is 4.39 Å². The van der Waals surface area contributed by atoms with Gasteiger partial charge in [0.25, 0.3) is 5.89 Å². The molecule has 0 bridgehead atoms. The smallest absolute Gasteiger partial charge is 0.260 e. The van der Waals surface area contributed by atoms with Crippen molar-refractivity contribution in [3.63, 3.8) is 0 Å². The molecule has 8 heteroatoms. The molecule has 1 aromatic heterocycles. The van der Waals surface area contributed by atoms with E-state index in [1.165, 1.54) is 11.0 Å². The van der Waals surface area contributed by atoms with Crippen molar-refractivity contribution in [1.82, 2.24) is 10.1 Å². The summed E-state index contributed by atoms with van der Waals surface area (Å²) in [6, 6.07) is 10.2. The van der Waals surface area contributed by atoms with Crippen LogP contribution in [0, 0.1) is 25.6 Å². The molecular weight excluding hydrogens is 411 g/mol. The van der Waals surface area contributed by atoms with Crippen LogP contribution in [0.3, 0.4) is 0 Å². The molecule has 1 atom stereocenters. The van der Waals surface area contributed by atoms with Crippen molar-refractivity contribution in [1.29, 1.82) is 0 Å². The van der Waals surface area contributed by atoms with Crippen LogP contribution in [0.4, 0.5) is 15.8 Å². The van der Waals surface area contributed by atoms with E-state index in [4.69, 9.17) is 4.52 Å². The molecule has 1 fully saturated rings. The van der Waals surface area contributed by atoms with Gasteiger partial charge in [0, 0.05) is 18.9 Å². The van der Waals surface area contributed by atoms with Crippen LogP contribution >= 0.6 is 0 Å². The van der Waals surface area contributed by atoms with E-state index in [2.05, 4.69) is 15.5 Å². The van der Waals surface area contributed by atoms with Crippen molar-refractivity contribution in [2.24, 2.45) is 5.92 Å². The van der Waals surface area contributed by atoms with Crippen LogP contribution in [0.25, 0.3) is 11.5 Å². The van der Waals surface area contributed by atoms with E-state index < -0.39 is 11.7 Å². The Morgan fingerprint density at radius 3 is 2.72 bits per heavy atom. The minimum absolute atomic E-state index is 0.0123. The molecule has 0 saturated carbocycles. The van der Waals surface area contributed by atoms with Gasteiger partial charge in [0.2, 0.25) is 11.8 Å². The third kappa shape index (κ3) is 4.12. The van der Waals surface area contributed by atoms with Crippen LogP contribution < -0.4 is 10.2 Å². The molecule has 3 aromatic rings. The number of benzene rings is 2. The predicted octanol–water partition coefficient (Wildman–Crippen LogP) is 4.61. The maximum Gasteiger partial charge on any atom is 0.260 e. The summed E-state index contributed by atoms with van der Waals surface area (Å²) in [6.45, 7) is 7.69. The number of halogens is 1. The predicted molar refractivity (Wildman–Crippen MR) is 119 cm³/mol. The topological polar surface area (TPSA) is 88.3 Å². The van der Waals surface area contributed by atoms with E-state index in [-0.39, 0.29) is 36.4 Å². The fourth-order valence-corrected chi connectivity index (χ4v) is 3.76. The van der Waals surface area contributed by atoms with E-state index >= 15 is 0 Å². The second-order valence-corrected chi connectivity index (χ2v) is 8.46. The minimum Gasteiger partial charge on any atom is -0.334 e. The number of para-hydroxylation sites is 1. The summed E-state index contributed by atoms with van der Waals surface area (Å²) in [5.41, 5.74) is 2.96. The molecule has 1 aliphatic heterocycles. The van der Waals surface area contributed by atoms with Gasteiger partial charge in [-0.2, -0.15) is 4.98 Å². The summed E-state index contributed by atoms with van der Waals surface area (Å²) in [5, 5.41) is 6.94. The number of rotatable bonds is 5. The average Bonchev–Trinajstić information content (AvgIpc) is 3.37. The molecule has 1 aliphatic rings. The molecular formula is C24H25FN4O3. The Hall–Kier alpha value is -3.55. The molecule has 32 heavy (non-hydrogen) atoms. The molecule has 2 amide bonds. The molecule has 1 N–H and O–H groups in total. The Bertz CT molecular complexity index is 1190. The summed E-state index contributed by atoms with van der Waals surface area (Å²) in [5.74, 6) is -0.672. The fourth-order valence-electron chi connectivity index (χ4n) is 3.76. The van der Waals surface area contributed by atoms with Crippen LogP contribution in [0.15, 0.2) is 40.9 Å². The van der Waals surface area contributed by atoms with Gasteiger partial charge in [0.05, 0.1) is 22.9 Å². The highest BCUT2D eigenvalue weighted by molar-refractivity contribution is 6.04. The lowest BCUT2D eigenvalue weighted by atomic mass is 10.0. The largest absolute Gasteiger partial charge is 0.334 e. The number of nitrogens with zero attached hydrogens (tertiary/aromatic N) is 3. The summed E-state index contributed by atoms with van der Waals surface area (Å²) >= 11 is 0. The molecule has 1 unspecified atom stereocenters. The Balaban J connectivity index is 1.56. The first kappa shape index (κ1) is 21.7. The van der Waals surface area contributed by atoms with Crippen LogP contribution in [0.2, 0.25) is 0 Å². The Labute approximate surface area is 185 Å². The van der Waals surface area contributed by atoms with Crippen molar-refractivity contribution in [2.75, 3.05) is 16.8 Å². The Kier molecular flexibility index (Phi) is 5.78. The molecule has 4 rings (SSSR count). The van der Waals surface area contributed by atoms with E-state index in [1.54, 1.807) is 25.1 Å². The molecule has 0 aliphatic carbocycles. The molecule has 2 aromatic carbocycles. The van der Waals surface area contributed by atoms with E-state index in [0.29, 0.717) is 23.0 Å². The number of hydrogen-bond acceptors (Lipinski definition) is 5. The van der Waals surface area contributed by atoms with E-state index in [1.807, 2.05) is 32.9 Å². The lowest BCUT2D eigenvalue weighted by Crippen LogP contribution is -2.29. The highest BCUT2D eigenvalue weighted by Crippen LogP contribution is 2.33. The number of aromatic nitrogens is 2. The second kappa shape index (κ2) is 8.53. The van der Waals surface area contributed by atoms with Gasteiger partial charge in [-0.3, -0.25) is 9.59 Å². The Morgan fingerprint density at radius 2 is 2.03 bits per heavy atom.